The van der Waals surface area contributed by atoms with E-state index >= 15 is 0 Å². The van der Waals surface area contributed by atoms with Crippen molar-refractivity contribution in [2.75, 3.05) is 32.7 Å². The lowest BCUT2D eigenvalue weighted by Gasteiger charge is -2.38. The molecule has 2 aliphatic rings. The first kappa shape index (κ1) is 15.9. The van der Waals surface area contributed by atoms with Crippen molar-refractivity contribution in [3.05, 3.63) is 35.6 Å². The molecular weight excluding hydrogens is 297 g/mol. The zero-order chi connectivity index (χ0) is 16.2. The second kappa shape index (κ2) is 7.08. The number of hydrogen-bond acceptors (Lipinski definition) is 3. The van der Waals surface area contributed by atoms with Crippen molar-refractivity contribution in [1.82, 2.24) is 15.1 Å². The summed E-state index contributed by atoms with van der Waals surface area (Å²) in [4.78, 5) is 28.0. The summed E-state index contributed by atoms with van der Waals surface area (Å²) in [7, 11) is 0. The smallest absolute Gasteiger partial charge is 0.242 e. The highest BCUT2D eigenvalue weighted by molar-refractivity contribution is 5.85. The van der Waals surface area contributed by atoms with Crippen LogP contribution >= 0.6 is 0 Å². The van der Waals surface area contributed by atoms with E-state index in [1.807, 2.05) is 6.07 Å². The van der Waals surface area contributed by atoms with Crippen LogP contribution < -0.4 is 5.32 Å². The van der Waals surface area contributed by atoms with Gasteiger partial charge in [0.05, 0.1) is 12.6 Å². The van der Waals surface area contributed by atoms with Crippen LogP contribution in [0.4, 0.5) is 4.39 Å². The number of nitrogens with zero attached hydrogens (tertiary/aromatic N) is 2. The van der Waals surface area contributed by atoms with Gasteiger partial charge in [0.1, 0.15) is 5.82 Å². The summed E-state index contributed by atoms with van der Waals surface area (Å²) in [5.41, 5.74) is 0.788. The minimum atomic E-state index is -0.299. The van der Waals surface area contributed by atoms with Crippen LogP contribution in [0.1, 0.15) is 30.9 Å². The molecule has 1 atom stereocenters. The minimum absolute atomic E-state index is 0.0574. The number of hydrogen-bond donors (Lipinski definition) is 1. The highest BCUT2D eigenvalue weighted by atomic mass is 19.1. The van der Waals surface area contributed by atoms with Gasteiger partial charge < -0.3 is 15.1 Å². The molecule has 1 aromatic rings. The third kappa shape index (κ3) is 3.69. The highest BCUT2D eigenvalue weighted by Crippen LogP contribution is 2.23. The summed E-state index contributed by atoms with van der Waals surface area (Å²) in [6.45, 7) is 2.67. The Morgan fingerprint density at radius 1 is 1.30 bits per heavy atom. The monoisotopic (exact) mass is 319 g/mol. The molecule has 0 bridgehead atoms. The summed E-state index contributed by atoms with van der Waals surface area (Å²) >= 11 is 0. The second-order valence-electron chi connectivity index (χ2n) is 6.13. The largest absolute Gasteiger partial charge is 0.333 e. The third-order valence-corrected chi connectivity index (χ3v) is 4.54. The fourth-order valence-corrected chi connectivity index (χ4v) is 3.30. The van der Waals surface area contributed by atoms with E-state index in [1.54, 1.807) is 15.9 Å². The lowest BCUT2D eigenvalue weighted by Crippen LogP contribution is -2.52. The van der Waals surface area contributed by atoms with Crippen LogP contribution in [0, 0.1) is 5.82 Å². The Bertz CT molecular complexity index is 593. The summed E-state index contributed by atoms with van der Waals surface area (Å²) in [5.74, 6) is -0.301. The van der Waals surface area contributed by atoms with E-state index in [0.29, 0.717) is 32.6 Å². The van der Waals surface area contributed by atoms with E-state index < -0.39 is 0 Å². The van der Waals surface area contributed by atoms with E-state index in [9.17, 15) is 14.0 Å². The minimum Gasteiger partial charge on any atom is -0.333 e. The van der Waals surface area contributed by atoms with Crippen molar-refractivity contribution in [2.45, 2.75) is 25.3 Å². The number of piperidine rings is 1. The molecule has 2 fully saturated rings. The predicted molar refractivity (Wildman–Crippen MR) is 84.2 cm³/mol. The van der Waals surface area contributed by atoms with E-state index in [1.165, 1.54) is 12.1 Å². The van der Waals surface area contributed by atoms with Crippen LogP contribution in [0.15, 0.2) is 24.3 Å². The molecule has 2 heterocycles. The molecule has 6 heteroatoms. The number of likely N-dealkylation sites (tertiary alicyclic amines) is 1. The Kier molecular flexibility index (Phi) is 4.91. The Balaban J connectivity index is 1.72. The highest BCUT2D eigenvalue weighted by Gasteiger charge is 2.30. The van der Waals surface area contributed by atoms with Gasteiger partial charge in [0.25, 0.3) is 0 Å². The van der Waals surface area contributed by atoms with Gasteiger partial charge in [-0.25, -0.2) is 4.39 Å². The number of rotatable bonds is 3. The van der Waals surface area contributed by atoms with Crippen molar-refractivity contribution in [3.63, 3.8) is 0 Å². The van der Waals surface area contributed by atoms with Crippen molar-refractivity contribution >= 4 is 11.8 Å². The molecule has 0 saturated carbocycles. The second-order valence-corrected chi connectivity index (χ2v) is 6.13. The number of nitrogens with one attached hydrogen (secondary N) is 1. The SMILES string of the molecule is O=C1CCCCN1CC(=O)N1CCNCC1c1cccc(F)c1. The van der Waals surface area contributed by atoms with Gasteiger partial charge in [-0.05, 0) is 30.5 Å². The standard InChI is InChI=1S/C17H22FN3O2/c18-14-5-3-4-13(10-14)15-11-19-7-9-21(15)17(23)12-20-8-2-1-6-16(20)22/h3-5,10,15,19H,1-2,6-9,11-12H2. The van der Waals surface area contributed by atoms with Gasteiger partial charge in [0.2, 0.25) is 11.8 Å². The number of carbonyl (C=O) groups is 2. The first-order valence-corrected chi connectivity index (χ1v) is 8.18. The molecule has 0 radical (unpaired) electrons. The van der Waals surface area contributed by atoms with Gasteiger partial charge in [-0.3, -0.25) is 9.59 Å². The van der Waals surface area contributed by atoms with Gasteiger partial charge in [0.15, 0.2) is 0 Å². The average molecular weight is 319 g/mol. The summed E-state index contributed by atoms with van der Waals surface area (Å²) in [5, 5.41) is 3.25. The van der Waals surface area contributed by atoms with Crippen LogP contribution in [0.5, 0.6) is 0 Å². The average Bonchev–Trinajstić information content (AvgIpc) is 2.57. The first-order valence-electron chi connectivity index (χ1n) is 8.18. The van der Waals surface area contributed by atoms with Gasteiger partial charge in [0, 0.05) is 32.6 Å². The van der Waals surface area contributed by atoms with Gasteiger partial charge in [-0.15, -0.1) is 0 Å². The van der Waals surface area contributed by atoms with Gasteiger partial charge in [-0.1, -0.05) is 12.1 Å². The molecule has 2 aliphatic heterocycles. The topological polar surface area (TPSA) is 52.7 Å². The Labute approximate surface area is 135 Å². The fraction of sp³-hybridized carbons (Fsp3) is 0.529. The molecule has 0 aliphatic carbocycles. The lowest BCUT2D eigenvalue weighted by atomic mass is 10.0. The number of amides is 2. The maximum absolute atomic E-state index is 13.5. The van der Waals surface area contributed by atoms with Crippen LogP contribution in [0.2, 0.25) is 0 Å². The van der Waals surface area contributed by atoms with E-state index in [-0.39, 0.29) is 30.2 Å². The molecule has 0 spiro atoms. The molecule has 0 aromatic heterocycles. The molecule has 1 aromatic carbocycles. The first-order chi connectivity index (χ1) is 11.1. The Hall–Kier alpha value is -1.95. The van der Waals surface area contributed by atoms with Gasteiger partial charge >= 0.3 is 0 Å². The number of halogens is 1. The van der Waals surface area contributed by atoms with E-state index in [2.05, 4.69) is 5.32 Å². The zero-order valence-electron chi connectivity index (χ0n) is 13.1. The maximum atomic E-state index is 13.5. The molecular formula is C17H22FN3O2. The van der Waals surface area contributed by atoms with Crippen LogP contribution in [0.3, 0.4) is 0 Å². The third-order valence-electron chi connectivity index (χ3n) is 4.54. The predicted octanol–water partition coefficient (Wildman–Crippen LogP) is 1.31. The molecule has 1 unspecified atom stereocenters. The fourth-order valence-electron chi connectivity index (χ4n) is 3.30. The van der Waals surface area contributed by atoms with Crippen molar-refractivity contribution in [3.8, 4) is 0 Å². The van der Waals surface area contributed by atoms with Crippen molar-refractivity contribution in [1.29, 1.82) is 0 Å². The molecule has 23 heavy (non-hydrogen) atoms. The molecule has 2 amide bonds. The number of benzene rings is 1. The number of piperazine rings is 1. The molecule has 1 N–H and O–H groups in total. The van der Waals surface area contributed by atoms with E-state index in [0.717, 1.165) is 18.4 Å². The lowest BCUT2D eigenvalue weighted by molar-refractivity contribution is -0.143. The van der Waals surface area contributed by atoms with Crippen LogP contribution in [-0.4, -0.2) is 54.3 Å². The quantitative estimate of drug-likeness (QED) is 0.914. The van der Waals surface area contributed by atoms with E-state index in [4.69, 9.17) is 0 Å². The van der Waals surface area contributed by atoms with Crippen molar-refractivity contribution < 1.29 is 14.0 Å². The molecule has 3 rings (SSSR count). The van der Waals surface area contributed by atoms with Crippen LogP contribution in [-0.2, 0) is 9.59 Å². The molecule has 2 saturated heterocycles. The summed E-state index contributed by atoms with van der Waals surface area (Å²) in [6.07, 6.45) is 2.39. The summed E-state index contributed by atoms with van der Waals surface area (Å²) < 4.78 is 13.5. The Morgan fingerprint density at radius 3 is 2.96 bits per heavy atom. The van der Waals surface area contributed by atoms with Crippen molar-refractivity contribution in [2.24, 2.45) is 0 Å². The molecule has 5 nitrogen and oxygen atoms in total. The Morgan fingerprint density at radius 2 is 2.17 bits per heavy atom. The summed E-state index contributed by atoms with van der Waals surface area (Å²) in [6, 6.07) is 6.19. The maximum Gasteiger partial charge on any atom is 0.242 e. The normalized spacial score (nSPS) is 22.3. The van der Waals surface area contributed by atoms with Gasteiger partial charge in [-0.2, -0.15) is 0 Å². The zero-order valence-corrected chi connectivity index (χ0v) is 13.1. The molecule has 124 valence electrons. The van der Waals surface area contributed by atoms with Crippen LogP contribution in [0.25, 0.3) is 0 Å². The number of carbonyl (C=O) groups excluding carboxylic acids is 2.